The largest absolute Gasteiger partial charge is 0.223 e. The second-order valence-corrected chi connectivity index (χ2v) is 6.97. The highest BCUT2D eigenvalue weighted by Crippen LogP contribution is 2.29. The van der Waals surface area contributed by atoms with Crippen LogP contribution in [0.4, 0.5) is 5.69 Å². The fraction of sp³-hybridized carbons (Fsp3) is 0.0625. The van der Waals surface area contributed by atoms with Crippen molar-refractivity contribution in [3.8, 4) is 0 Å². The molecule has 3 rings (SSSR count). The van der Waals surface area contributed by atoms with E-state index in [0.29, 0.717) is 31.7 Å². The highest BCUT2D eigenvalue weighted by molar-refractivity contribution is 8.13. The van der Waals surface area contributed by atoms with Crippen molar-refractivity contribution in [2.24, 2.45) is 4.99 Å². The van der Waals surface area contributed by atoms with Gasteiger partial charge in [-0.05, 0) is 35.9 Å². The zero-order valence-corrected chi connectivity index (χ0v) is 15.3. The highest BCUT2D eigenvalue weighted by Gasteiger charge is 2.08. The molecule has 0 saturated carbocycles. The van der Waals surface area contributed by atoms with Gasteiger partial charge in [-0.15, -0.1) is 0 Å². The van der Waals surface area contributed by atoms with E-state index in [-0.39, 0.29) is 0 Å². The molecule has 0 bridgehead atoms. The number of benzene rings is 2. The summed E-state index contributed by atoms with van der Waals surface area (Å²) in [6, 6.07) is 12.8. The summed E-state index contributed by atoms with van der Waals surface area (Å²) in [5.74, 6) is 0.709. The number of hydrogen-bond acceptors (Lipinski definition) is 4. The quantitative estimate of drug-likeness (QED) is 0.420. The average molecular weight is 398 g/mol. The van der Waals surface area contributed by atoms with E-state index in [9.17, 15) is 0 Å². The van der Waals surface area contributed by atoms with E-state index in [4.69, 9.17) is 34.8 Å². The molecule has 0 radical (unpaired) electrons. The number of halogens is 3. The van der Waals surface area contributed by atoms with Crippen LogP contribution in [0.2, 0.25) is 15.1 Å². The average Bonchev–Trinajstić information content (AvgIpc) is 3.09. The van der Waals surface area contributed by atoms with Crippen LogP contribution in [-0.4, -0.2) is 19.9 Å². The van der Waals surface area contributed by atoms with Crippen molar-refractivity contribution >= 4 is 57.4 Å². The molecule has 0 saturated heterocycles. The molecule has 122 valence electrons. The van der Waals surface area contributed by atoms with Crippen LogP contribution in [0.1, 0.15) is 5.56 Å². The summed E-state index contributed by atoms with van der Waals surface area (Å²) in [7, 11) is 0. The predicted molar refractivity (Wildman–Crippen MR) is 102 cm³/mol. The van der Waals surface area contributed by atoms with E-state index in [0.717, 1.165) is 5.56 Å². The molecule has 0 fully saturated rings. The third-order valence-electron chi connectivity index (χ3n) is 3.02. The first-order chi connectivity index (χ1) is 11.6. The molecule has 24 heavy (non-hydrogen) atoms. The van der Waals surface area contributed by atoms with Crippen LogP contribution < -0.4 is 0 Å². The van der Waals surface area contributed by atoms with Crippen molar-refractivity contribution in [2.45, 2.75) is 5.75 Å². The summed E-state index contributed by atoms with van der Waals surface area (Å²) in [5, 5.41) is 6.56. The van der Waals surface area contributed by atoms with Gasteiger partial charge in [0.2, 0.25) is 0 Å². The molecule has 0 aliphatic heterocycles. The minimum Gasteiger partial charge on any atom is -0.223 e. The fourth-order valence-electron chi connectivity index (χ4n) is 1.86. The van der Waals surface area contributed by atoms with Gasteiger partial charge in [-0.25, -0.2) is 9.98 Å². The van der Waals surface area contributed by atoms with E-state index in [1.54, 1.807) is 29.2 Å². The molecule has 0 spiro atoms. The Labute approximate surface area is 158 Å². The number of aliphatic imine (C=N–C) groups is 1. The van der Waals surface area contributed by atoms with Crippen LogP contribution in [-0.2, 0) is 5.75 Å². The Morgan fingerprint density at radius 3 is 2.46 bits per heavy atom. The highest BCUT2D eigenvalue weighted by atomic mass is 35.5. The maximum atomic E-state index is 6.21. The predicted octanol–water partition coefficient (Wildman–Crippen LogP) is 5.71. The second-order valence-electron chi connectivity index (χ2n) is 4.75. The SMILES string of the molecule is Clc1ccc(CSC(=Nc2ccc(Cl)cc2Cl)n2cncn2)cc1. The molecular weight excluding hydrogens is 387 g/mol. The lowest BCUT2D eigenvalue weighted by Gasteiger charge is -2.07. The van der Waals surface area contributed by atoms with Crippen molar-refractivity contribution in [2.75, 3.05) is 0 Å². The van der Waals surface area contributed by atoms with Crippen LogP contribution >= 0.6 is 46.6 Å². The van der Waals surface area contributed by atoms with Crippen molar-refractivity contribution in [3.63, 3.8) is 0 Å². The molecule has 4 nitrogen and oxygen atoms in total. The number of rotatable bonds is 3. The monoisotopic (exact) mass is 396 g/mol. The molecule has 0 N–H and O–H groups in total. The Morgan fingerprint density at radius 2 is 1.79 bits per heavy atom. The molecule has 0 amide bonds. The van der Waals surface area contributed by atoms with Gasteiger partial charge in [-0.2, -0.15) is 9.78 Å². The van der Waals surface area contributed by atoms with Crippen LogP contribution in [0.5, 0.6) is 0 Å². The lowest BCUT2D eigenvalue weighted by Crippen LogP contribution is -2.08. The van der Waals surface area contributed by atoms with Gasteiger partial charge in [0.15, 0.2) is 5.17 Å². The van der Waals surface area contributed by atoms with E-state index in [2.05, 4.69) is 15.1 Å². The first-order valence-corrected chi connectivity index (χ1v) is 9.00. The molecule has 3 aromatic rings. The van der Waals surface area contributed by atoms with Gasteiger partial charge in [0, 0.05) is 15.8 Å². The zero-order chi connectivity index (χ0) is 16.9. The molecule has 2 aromatic carbocycles. The van der Waals surface area contributed by atoms with Gasteiger partial charge in [0.25, 0.3) is 0 Å². The summed E-state index contributed by atoms with van der Waals surface area (Å²) in [6.07, 6.45) is 3.05. The summed E-state index contributed by atoms with van der Waals surface area (Å²) < 4.78 is 1.60. The first kappa shape index (κ1) is 17.3. The number of thioether (sulfide) groups is 1. The molecule has 0 aliphatic rings. The topological polar surface area (TPSA) is 43.1 Å². The number of aromatic nitrogens is 3. The zero-order valence-electron chi connectivity index (χ0n) is 12.2. The van der Waals surface area contributed by atoms with Crippen molar-refractivity contribution in [3.05, 3.63) is 75.8 Å². The van der Waals surface area contributed by atoms with Crippen molar-refractivity contribution in [1.82, 2.24) is 14.8 Å². The third-order valence-corrected chi connectivity index (χ3v) is 4.83. The minimum absolute atomic E-state index is 0.479. The second kappa shape index (κ2) is 8.03. The van der Waals surface area contributed by atoms with Gasteiger partial charge in [0.1, 0.15) is 12.7 Å². The molecule has 0 unspecified atom stereocenters. The van der Waals surface area contributed by atoms with Gasteiger partial charge < -0.3 is 0 Å². The van der Waals surface area contributed by atoms with Crippen LogP contribution in [0, 0.1) is 0 Å². The lowest BCUT2D eigenvalue weighted by atomic mass is 10.2. The van der Waals surface area contributed by atoms with Crippen LogP contribution in [0.15, 0.2) is 60.1 Å². The smallest absolute Gasteiger partial charge is 0.191 e. The third kappa shape index (κ3) is 4.51. The first-order valence-electron chi connectivity index (χ1n) is 6.88. The van der Waals surface area contributed by atoms with Gasteiger partial charge in [-0.3, -0.25) is 0 Å². The molecular formula is C16H11Cl3N4S. The van der Waals surface area contributed by atoms with Gasteiger partial charge >= 0.3 is 0 Å². The summed E-state index contributed by atoms with van der Waals surface area (Å²) in [6.45, 7) is 0. The Morgan fingerprint density at radius 1 is 1.04 bits per heavy atom. The normalized spacial score (nSPS) is 11.7. The Hall–Kier alpha value is -1.53. The van der Waals surface area contributed by atoms with E-state index >= 15 is 0 Å². The van der Waals surface area contributed by atoms with Gasteiger partial charge in [-0.1, -0.05) is 58.7 Å². The van der Waals surface area contributed by atoms with Crippen LogP contribution in [0.3, 0.4) is 0 Å². The Balaban J connectivity index is 1.86. The van der Waals surface area contributed by atoms with E-state index in [1.165, 1.54) is 18.1 Å². The Kier molecular flexibility index (Phi) is 5.79. The standard InChI is InChI=1S/C16H11Cl3N4S/c17-12-3-1-11(2-4-12)8-24-16(23-10-20-9-21-23)22-15-6-5-13(18)7-14(15)19/h1-7,9-10H,8H2. The molecule has 1 aromatic heterocycles. The Bertz CT molecular complexity index is 848. The molecule has 8 heteroatoms. The number of hydrogen-bond donors (Lipinski definition) is 0. The minimum atomic E-state index is 0.479. The molecule has 1 heterocycles. The van der Waals surface area contributed by atoms with Crippen molar-refractivity contribution < 1.29 is 0 Å². The van der Waals surface area contributed by atoms with E-state index < -0.39 is 0 Å². The summed E-state index contributed by atoms with van der Waals surface area (Å²) in [4.78, 5) is 8.57. The summed E-state index contributed by atoms with van der Waals surface area (Å²) in [5.41, 5.74) is 1.74. The fourth-order valence-corrected chi connectivity index (χ4v) is 3.31. The molecule has 0 aliphatic carbocycles. The van der Waals surface area contributed by atoms with Crippen molar-refractivity contribution in [1.29, 1.82) is 0 Å². The maximum Gasteiger partial charge on any atom is 0.191 e. The van der Waals surface area contributed by atoms with Crippen LogP contribution in [0.25, 0.3) is 0 Å². The molecule has 0 atom stereocenters. The van der Waals surface area contributed by atoms with Gasteiger partial charge in [0.05, 0.1) is 10.7 Å². The van der Waals surface area contributed by atoms with E-state index in [1.807, 2.05) is 24.3 Å². The maximum absolute atomic E-state index is 6.21. The summed E-state index contributed by atoms with van der Waals surface area (Å²) >= 11 is 19.6. The lowest BCUT2D eigenvalue weighted by molar-refractivity contribution is 0.948. The number of nitrogens with zero attached hydrogens (tertiary/aromatic N) is 4.